The second-order valence-corrected chi connectivity index (χ2v) is 7.45. The van der Waals surface area contributed by atoms with Gasteiger partial charge in [0.25, 0.3) is 0 Å². The number of hydrogen-bond donors (Lipinski definition) is 0. The fourth-order valence-corrected chi connectivity index (χ4v) is 4.20. The van der Waals surface area contributed by atoms with Gasteiger partial charge < -0.3 is 0 Å². The summed E-state index contributed by atoms with van der Waals surface area (Å²) in [6.45, 7) is 10.1. The van der Waals surface area contributed by atoms with E-state index in [1.807, 2.05) is 17.8 Å². The maximum atomic E-state index is 4.55. The van der Waals surface area contributed by atoms with Crippen molar-refractivity contribution in [2.24, 2.45) is 0 Å². The van der Waals surface area contributed by atoms with Gasteiger partial charge in [-0.25, -0.2) is 9.97 Å². The average molecular weight is 295 g/mol. The van der Waals surface area contributed by atoms with Gasteiger partial charge in [-0.3, -0.25) is 4.90 Å². The van der Waals surface area contributed by atoms with E-state index in [0.717, 1.165) is 22.3 Å². The number of pyridine rings is 1. The van der Waals surface area contributed by atoms with Crippen LogP contribution in [-0.2, 0) is 0 Å². The van der Waals surface area contributed by atoms with Crippen molar-refractivity contribution in [1.82, 2.24) is 14.9 Å². The van der Waals surface area contributed by atoms with E-state index >= 15 is 0 Å². The molecule has 0 aliphatic carbocycles. The fraction of sp³-hybridized carbons (Fsp3) is 0.571. The van der Waals surface area contributed by atoms with Crippen LogP contribution in [0.2, 0.25) is 0 Å². The minimum absolute atomic E-state index is 0.595. The Morgan fingerprint density at radius 2 is 2.00 bits per heavy atom. The van der Waals surface area contributed by atoms with Gasteiger partial charge in [-0.2, -0.15) is 0 Å². The van der Waals surface area contributed by atoms with Crippen LogP contribution in [0.4, 0.5) is 0 Å². The third-order valence-corrected chi connectivity index (χ3v) is 5.18. The molecule has 0 spiro atoms. The molecular weight excluding hydrogens is 274 g/mol. The van der Waals surface area contributed by atoms with Crippen LogP contribution in [0.25, 0.3) is 10.3 Å². The normalized spacial score (nSPS) is 12.2. The van der Waals surface area contributed by atoms with E-state index in [-0.39, 0.29) is 0 Å². The molecule has 0 unspecified atom stereocenters. The van der Waals surface area contributed by atoms with Crippen LogP contribution < -0.4 is 0 Å². The van der Waals surface area contributed by atoms with Crippen LogP contribution in [0.5, 0.6) is 0 Å². The van der Waals surface area contributed by atoms with E-state index in [4.69, 9.17) is 0 Å². The predicted molar refractivity (Wildman–Crippen MR) is 85.1 cm³/mol. The molecule has 2 aromatic rings. The Kier molecular flexibility index (Phi) is 5.19. The fourth-order valence-electron chi connectivity index (χ4n) is 2.16. The molecule has 0 aliphatic rings. The van der Waals surface area contributed by atoms with E-state index in [1.165, 1.54) is 4.70 Å². The Bertz CT molecular complexity index is 481. The molecule has 0 bridgehead atoms. The molecule has 0 saturated heterocycles. The molecule has 2 aromatic heterocycles. The van der Waals surface area contributed by atoms with Crippen LogP contribution in [-0.4, -0.2) is 39.2 Å². The number of rotatable bonds is 6. The number of thioether (sulfide) groups is 1. The monoisotopic (exact) mass is 295 g/mol. The highest BCUT2D eigenvalue weighted by molar-refractivity contribution is 8.01. The number of aromatic nitrogens is 2. The zero-order valence-corrected chi connectivity index (χ0v) is 13.6. The second kappa shape index (κ2) is 6.68. The van der Waals surface area contributed by atoms with Crippen molar-refractivity contribution < 1.29 is 0 Å². The molecule has 0 aliphatic heterocycles. The first kappa shape index (κ1) is 14.8. The molecule has 0 aromatic carbocycles. The van der Waals surface area contributed by atoms with E-state index in [0.29, 0.717) is 12.1 Å². The lowest BCUT2D eigenvalue weighted by Crippen LogP contribution is -2.38. The number of hydrogen-bond acceptors (Lipinski definition) is 5. The zero-order chi connectivity index (χ0) is 13.8. The molecule has 19 heavy (non-hydrogen) atoms. The highest BCUT2D eigenvalue weighted by Crippen LogP contribution is 2.28. The second-order valence-electron chi connectivity index (χ2n) is 5.08. The summed E-state index contributed by atoms with van der Waals surface area (Å²) in [6.07, 6.45) is 1.80. The SMILES string of the molecule is CC(C)N(CCSc1nc2ncccc2s1)C(C)C. The molecular formula is C14H21N3S2. The zero-order valence-electron chi connectivity index (χ0n) is 12.0. The molecule has 0 fully saturated rings. The van der Waals surface area contributed by atoms with E-state index in [9.17, 15) is 0 Å². The number of thiazole rings is 1. The summed E-state index contributed by atoms with van der Waals surface area (Å²) in [5.74, 6) is 1.08. The molecule has 0 atom stereocenters. The lowest BCUT2D eigenvalue weighted by atomic mass is 10.2. The third-order valence-electron chi connectivity index (χ3n) is 3.05. The Morgan fingerprint density at radius 1 is 1.26 bits per heavy atom. The van der Waals surface area contributed by atoms with Gasteiger partial charge >= 0.3 is 0 Å². The molecule has 104 valence electrons. The van der Waals surface area contributed by atoms with Crippen molar-refractivity contribution in [1.29, 1.82) is 0 Å². The first-order valence-electron chi connectivity index (χ1n) is 6.68. The minimum atomic E-state index is 0.595. The average Bonchev–Trinajstić information content (AvgIpc) is 2.76. The van der Waals surface area contributed by atoms with Gasteiger partial charge in [0.2, 0.25) is 0 Å². The molecule has 2 heterocycles. The lowest BCUT2D eigenvalue weighted by molar-refractivity contribution is 0.187. The van der Waals surface area contributed by atoms with Gasteiger partial charge in [-0.05, 0) is 39.8 Å². The smallest absolute Gasteiger partial charge is 0.171 e. The summed E-state index contributed by atoms with van der Waals surface area (Å²) in [5, 5.41) is 0. The molecule has 0 saturated carbocycles. The summed E-state index contributed by atoms with van der Waals surface area (Å²) >= 11 is 3.57. The Labute approximate surface area is 123 Å². The van der Waals surface area contributed by atoms with Gasteiger partial charge in [0.1, 0.15) is 0 Å². The summed E-state index contributed by atoms with van der Waals surface area (Å²) in [5.41, 5.74) is 0.875. The predicted octanol–water partition coefficient (Wildman–Crippen LogP) is 3.90. The molecule has 0 amide bonds. The van der Waals surface area contributed by atoms with Gasteiger partial charge in [-0.15, -0.1) is 11.3 Å². The van der Waals surface area contributed by atoms with E-state index in [1.54, 1.807) is 17.5 Å². The molecule has 0 radical (unpaired) electrons. The van der Waals surface area contributed by atoms with Gasteiger partial charge in [0, 0.05) is 30.6 Å². The standard InChI is InChI=1S/C14H21N3S2/c1-10(2)17(11(3)4)8-9-18-14-16-13-12(19-14)6-5-7-15-13/h5-7,10-11H,8-9H2,1-4H3. The van der Waals surface area contributed by atoms with Gasteiger partial charge in [0.05, 0.1) is 4.70 Å². The quantitative estimate of drug-likeness (QED) is 0.756. The highest BCUT2D eigenvalue weighted by Gasteiger charge is 2.13. The van der Waals surface area contributed by atoms with E-state index in [2.05, 4.69) is 48.6 Å². The van der Waals surface area contributed by atoms with Crippen LogP contribution in [0.3, 0.4) is 0 Å². The lowest BCUT2D eigenvalue weighted by Gasteiger charge is -2.30. The van der Waals surface area contributed by atoms with Crippen molar-refractivity contribution >= 4 is 33.4 Å². The Balaban J connectivity index is 1.91. The molecule has 3 nitrogen and oxygen atoms in total. The van der Waals surface area contributed by atoms with E-state index < -0.39 is 0 Å². The maximum absolute atomic E-state index is 4.55. The van der Waals surface area contributed by atoms with Crippen molar-refractivity contribution in [3.05, 3.63) is 18.3 Å². The first-order chi connectivity index (χ1) is 9.08. The molecule has 5 heteroatoms. The van der Waals surface area contributed by atoms with Crippen LogP contribution in [0.1, 0.15) is 27.7 Å². The summed E-state index contributed by atoms with van der Waals surface area (Å²) in [4.78, 5) is 11.3. The van der Waals surface area contributed by atoms with Crippen molar-refractivity contribution in [2.75, 3.05) is 12.3 Å². The van der Waals surface area contributed by atoms with Crippen LogP contribution in [0, 0.1) is 0 Å². The van der Waals surface area contributed by atoms with Crippen molar-refractivity contribution in [2.45, 2.75) is 44.1 Å². The van der Waals surface area contributed by atoms with Crippen molar-refractivity contribution in [3.63, 3.8) is 0 Å². The Morgan fingerprint density at radius 3 is 2.63 bits per heavy atom. The first-order valence-corrected chi connectivity index (χ1v) is 8.48. The van der Waals surface area contributed by atoms with Crippen molar-refractivity contribution in [3.8, 4) is 0 Å². The van der Waals surface area contributed by atoms with Crippen LogP contribution in [0.15, 0.2) is 22.7 Å². The largest absolute Gasteiger partial charge is 0.298 e. The third kappa shape index (κ3) is 3.91. The van der Waals surface area contributed by atoms with Gasteiger partial charge in [-0.1, -0.05) is 11.8 Å². The summed E-state index contributed by atoms with van der Waals surface area (Å²) < 4.78 is 2.30. The maximum Gasteiger partial charge on any atom is 0.171 e. The topological polar surface area (TPSA) is 29.0 Å². The number of nitrogens with zero attached hydrogens (tertiary/aromatic N) is 3. The van der Waals surface area contributed by atoms with Crippen LogP contribution >= 0.6 is 23.1 Å². The molecule has 2 rings (SSSR count). The summed E-state index contributed by atoms with van der Waals surface area (Å²) in [7, 11) is 0. The number of fused-ring (bicyclic) bond motifs is 1. The van der Waals surface area contributed by atoms with Gasteiger partial charge in [0.15, 0.2) is 9.99 Å². The highest BCUT2D eigenvalue weighted by atomic mass is 32.2. The minimum Gasteiger partial charge on any atom is -0.298 e. The molecule has 0 N–H and O–H groups in total. The Hall–Kier alpha value is -0.650. The summed E-state index contributed by atoms with van der Waals surface area (Å²) in [6, 6.07) is 5.24.